The van der Waals surface area contributed by atoms with Gasteiger partial charge in [0.15, 0.2) is 0 Å². The average molecular weight is 362 g/mol. The van der Waals surface area contributed by atoms with Crippen molar-refractivity contribution in [2.45, 2.75) is 11.2 Å². The summed E-state index contributed by atoms with van der Waals surface area (Å²) in [6, 6.07) is 18.0. The Morgan fingerprint density at radius 1 is 1.10 bits per heavy atom. The molecule has 0 aliphatic heterocycles. The molecule has 0 saturated carbocycles. The van der Waals surface area contributed by atoms with Crippen molar-refractivity contribution in [2.75, 3.05) is 0 Å². The fraction of sp³-hybridized carbons (Fsp3) is 0.118. The van der Waals surface area contributed by atoms with E-state index < -0.39 is 0 Å². The van der Waals surface area contributed by atoms with Crippen molar-refractivity contribution >= 4 is 27.5 Å². The summed E-state index contributed by atoms with van der Waals surface area (Å²) in [7, 11) is 0. The molecule has 0 bridgehead atoms. The monoisotopic (exact) mass is 360 g/mol. The van der Waals surface area contributed by atoms with E-state index in [1.165, 1.54) is 5.56 Å². The van der Waals surface area contributed by atoms with E-state index in [0.29, 0.717) is 0 Å². The first-order valence-corrected chi connectivity index (χ1v) is 8.00. The highest BCUT2D eigenvalue weighted by molar-refractivity contribution is 9.09. The third-order valence-corrected chi connectivity index (χ3v) is 4.38. The van der Waals surface area contributed by atoms with Crippen LogP contribution in [0.25, 0.3) is 5.69 Å². The number of benzene rings is 2. The van der Waals surface area contributed by atoms with Gasteiger partial charge in [0.05, 0.1) is 11.9 Å². The summed E-state index contributed by atoms with van der Waals surface area (Å²) in [4.78, 5) is 0.216. The van der Waals surface area contributed by atoms with Gasteiger partial charge in [-0.2, -0.15) is 5.10 Å². The predicted octanol–water partition coefficient (Wildman–Crippen LogP) is 5.20. The number of hydrogen-bond donors (Lipinski definition) is 0. The fourth-order valence-corrected chi connectivity index (χ4v) is 3.03. The molecule has 3 aromatic rings. The van der Waals surface area contributed by atoms with Crippen molar-refractivity contribution in [2.24, 2.45) is 0 Å². The Labute approximate surface area is 137 Å². The lowest BCUT2D eigenvalue weighted by molar-refractivity contribution is 0.878. The Bertz CT molecular complexity index is 724. The molecule has 0 fully saturated rings. The van der Waals surface area contributed by atoms with Crippen LogP contribution in [0.4, 0.5) is 0 Å². The molecule has 0 saturated heterocycles. The van der Waals surface area contributed by atoms with E-state index in [4.69, 9.17) is 11.6 Å². The van der Waals surface area contributed by atoms with E-state index in [0.717, 1.165) is 22.7 Å². The summed E-state index contributed by atoms with van der Waals surface area (Å²) < 4.78 is 1.89. The summed E-state index contributed by atoms with van der Waals surface area (Å²) in [6.45, 7) is 0. The summed E-state index contributed by atoms with van der Waals surface area (Å²) in [5.74, 6) is 0. The Morgan fingerprint density at radius 3 is 2.67 bits per heavy atom. The molecule has 2 nitrogen and oxygen atoms in total. The van der Waals surface area contributed by atoms with Gasteiger partial charge in [0.25, 0.3) is 0 Å². The van der Waals surface area contributed by atoms with Crippen LogP contribution in [0, 0.1) is 0 Å². The molecule has 1 atom stereocenters. The van der Waals surface area contributed by atoms with E-state index in [1.807, 2.05) is 59.4 Å². The smallest absolute Gasteiger partial charge is 0.0645 e. The topological polar surface area (TPSA) is 17.8 Å². The minimum atomic E-state index is 0.216. The van der Waals surface area contributed by atoms with Crippen LogP contribution < -0.4 is 0 Å². The molecule has 1 unspecified atom stereocenters. The van der Waals surface area contributed by atoms with Gasteiger partial charge in [-0.25, -0.2) is 4.68 Å². The molecule has 21 heavy (non-hydrogen) atoms. The normalized spacial score (nSPS) is 12.3. The Balaban J connectivity index is 1.77. The third-order valence-electron chi connectivity index (χ3n) is 3.29. The van der Waals surface area contributed by atoms with Crippen LogP contribution in [0.2, 0.25) is 5.02 Å². The lowest BCUT2D eigenvalue weighted by Gasteiger charge is -2.08. The van der Waals surface area contributed by atoms with Crippen molar-refractivity contribution in [3.63, 3.8) is 0 Å². The lowest BCUT2D eigenvalue weighted by atomic mass is 10.1. The maximum atomic E-state index is 6.03. The van der Waals surface area contributed by atoms with Crippen molar-refractivity contribution in [3.8, 4) is 5.69 Å². The quantitative estimate of drug-likeness (QED) is 0.584. The zero-order valence-corrected chi connectivity index (χ0v) is 13.6. The molecule has 0 aliphatic carbocycles. The van der Waals surface area contributed by atoms with E-state index in [-0.39, 0.29) is 4.83 Å². The van der Waals surface area contributed by atoms with Gasteiger partial charge in [-0.1, -0.05) is 57.9 Å². The SMILES string of the molecule is Clc1cccc(CC(Br)c2cnn(-c3ccccc3)c2)c1. The molecule has 0 N–H and O–H groups in total. The van der Waals surface area contributed by atoms with Crippen LogP contribution in [0.5, 0.6) is 0 Å². The lowest BCUT2D eigenvalue weighted by Crippen LogP contribution is -1.95. The highest BCUT2D eigenvalue weighted by Crippen LogP contribution is 2.28. The zero-order chi connectivity index (χ0) is 14.7. The molecular formula is C17H14BrClN2. The van der Waals surface area contributed by atoms with Gasteiger partial charge in [0.2, 0.25) is 0 Å². The summed E-state index contributed by atoms with van der Waals surface area (Å²) in [6.07, 6.45) is 4.83. The first-order chi connectivity index (χ1) is 10.2. The van der Waals surface area contributed by atoms with Crippen LogP contribution in [0.3, 0.4) is 0 Å². The second-order valence-corrected chi connectivity index (χ2v) is 6.40. The molecule has 3 rings (SSSR count). The van der Waals surface area contributed by atoms with Crippen LogP contribution >= 0.6 is 27.5 Å². The number of rotatable bonds is 4. The molecule has 0 spiro atoms. The molecule has 0 amide bonds. The number of alkyl halides is 1. The maximum absolute atomic E-state index is 6.03. The highest BCUT2D eigenvalue weighted by atomic mass is 79.9. The number of halogens is 2. The van der Waals surface area contributed by atoms with E-state index in [9.17, 15) is 0 Å². The number of nitrogens with zero attached hydrogens (tertiary/aromatic N) is 2. The minimum Gasteiger partial charge on any atom is -0.241 e. The zero-order valence-electron chi connectivity index (χ0n) is 11.3. The Morgan fingerprint density at radius 2 is 1.90 bits per heavy atom. The number of hydrogen-bond acceptors (Lipinski definition) is 1. The van der Waals surface area contributed by atoms with Crippen LogP contribution in [0.1, 0.15) is 16.0 Å². The Hall–Kier alpha value is -1.58. The molecule has 0 aliphatic rings. The molecular weight excluding hydrogens is 348 g/mol. The summed E-state index contributed by atoms with van der Waals surface area (Å²) in [5.41, 5.74) is 3.42. The van der Waals surface area contributed by atoms with Crippen molar-refractivity contribution < 1.29 is 0 Å². The van der Waals surface area contributed by atoms with E-state index >= 15 is 0 Å². The van der Waals surface area contributed by atoms with Gasteiger partial charge < -0.3 is 0 Å². The third kappa shape index (κ3) is 3.55. The van der Waals surface area contributed by atoms with Crippen LogP contribution in [-0.2, 0) is 6.42 Å². The predicted molar refractivity (Wildman–Crippen MR) is 90.4 cm³/mol. The van der Waals surface area contributed by atoms with Gasteiger partial charge in [-0.15, -0.1) is 0 Å². The molecule has 106 valence electrons. The van der Waals surface area contributed by atoms with Gasteiger partial charge in [-0.05, 0) is 36.2 Å². The van der Waals surface area contributed by atoms with Gasteiger partial charge in [-0.3, -0.25) is 0 Å². The first kappa shape index (κ1) is 14.4. The minimum absolute atomic E-state index is 0.216. The summed E-state index contributed by atoms with van der Waals surface area (Å²) in [5, 5.41) is 5.20. The second-order valence-electron chi connectivity index (χ2n) is 4.86. The van der Waals surface area contributed by atoms with Crippen LogP contribution in [-0.4, -0.2) is 9.78 Å². The molecule has 4 heteroatoms. The fourth-order valence-electron chi connectivity index (χ4n) is 2.21. The van der Waals surface area contributed by atoms with Crippen molar-refractivity contribution in [1.82, 2.24) is 9.78 Å². The van der Waals surface area contributed by atoms with Gasteiger partial charge in [0.1, 0.15) is 0 Å². The number of aromatic nitrogens is 2. The van der Waals surface area contributed by atoms with Crippen LogP contribution in [0.15, 0.2) is 67.0 Å². The summed E-state index contributed by atoms with van der Waals surface area (Å²) >= 11 is 9.76. The second kappa shape index (κ2) is 6.46. The first-order valence-electron chi connectivity index (χ1n) is 6.71. The molecule has 1 heterocycles. The van der Waals surface area contributed by atoms with Crippen molar-refractivity contribution in [3.05, 3.63) is 83.1 Å². The van der Waals surface area contributed by atoms with E-state index in [2.05, 4.69) is 33.3 Å². The van der Waals surface area contributed by atoms with E-state index in [1.54, 1.807) is 0 Å². The number of para-hydroxylation sites is 1. The molecule has 0 radical (unpaired) electrons. The highest BCUT2D eigenvalue weighted by Gasteiger charge is 2.11. The molecule has 2 aromatic carbocycles. The van der Waals surface area contributed by atoms with Crippen molar-refractivity contribution in [1.29, 1.82) is 0 Å². The van der Waals surface area contributed by atoms with Gasteiger partial charge in [0, 0.05) is 21.6 Å². The largest absolute Gasteiger partial charge is 0.241 e. The maximum Gasteiger partial charge on any atom is 0.0645 e. The Kier molecular flexibility index (Phi) is 4.42. The van der Waals surface area contributed by atoms with Gasteiger partial charge >= 0.3 is 0 Å². The molecule has 1 aromatic heterocycles. The standard InChI is InChI=1S/C17H14BrClN2/c18-17(10-13-5-4-6-15(19)9-13)14-11-20-21(12-14)16-7-2-1-3-8-16/h1-9,11-12,17H,10H2. The average Bonchev–Trinajstić information content (AvgIpc) is 2.98.